The minimum atomic E-state index is -1.09. The number of hydrogen-bond donors (Lipinski definition) is 2. The van der Waals surface area contributed by atoms with Crippen LogP contribution in [-0.4, -0.2) is 31.6 Å². The summed E-state index contributed by atoms with van der Waals surface area (Å²) in [6, 6.07) is 7.81. The second kappa shape index (κ2) is 8.56. The van der Waals surface area contributed by atoms with Crippen molar-refractivity contribution >= 4 is 23.6 Å². The summed E-state index contributed by atoms with van der Waals surface area (Å²) >= 11 is 0. The summed E-state index contributed by atoms with van der Waals surface area (Å²) in [6.45, 7) is -0.824. The molecule has 136 valence electrons. The van der Waals surface area contributed by atoms with Crippen LogP contribution >= 0.6 is 0 Å². The van der Waals surface area contributed by atoms with Crippen LogP contribution < -0.4 is 15.4 Å². The van der Waals surface area contributed by atoms with Crippen molar-refractivity contribution in [1.29, 1.82) is 0 Å². The smallest absolute Gasteiger partial charge is 0.341 e. The Hall–Kier alpha value is -3.49. The number of hydrogen-bond acceptors (Lipinski definition) is 5. The molecule has 2 aromatic rings. The van der Waals surface area contributed by atoms with Gasteiger partial charge in [-0.2, -0.15) is 0 Å². The summed E-state index contributed by atoms with van der Waals surface area (Å²) in [4.78, 5) is 34.9. The molecule has 0 radical (unpaired) electrons. The van der Waals surface area contributed by atoms with Crippen molar-refractivity contribution in [3.8, 4) is 5.75 Å². The highest BCUT2D eigenvalue weighted by Crippen LogP contribution is 2.17. The maximum absolute atomic E-state index is 13.7. The van der Waals surface area contributed by atoms with Gasteiger partial charge in [0.15, 0.2) is 6.61 Å². The maximum atomic E-state index is 13.7. The number of amides is 3. The molecule has 3 amide bonds. The average molecular weight is 364 g/mol. The van der Waals surface area contributed by atoms with E-state index in [0.29, 0.717) is 0 Å². The van der Waals surface area contributed by atoms with E-state index in [9.17, 15) is 23.2 Å². The molecule has 7 nitrogen and oxygen atoms in total. The normalized spacial score (nSPS) is 9.96. The van der Waals surface area contributed by atoms with Crippen LogP contribution in [0.1, 0.15) is 10.4 Å². The SMILES string of the molecule is COc1ccc(C(=O)OCC(=O)NC(=O)Nc2ccccc2F)c(F)c1. The van der Waals surface area contributed by atoms with E-state index in [1.807, 2.05) is 5.32 Å². The fourth-order valence-electron chi connectivity index (χ4n) is 1.88. The van der Waals surface area contributed by atoms with Crippen LogP contribution in [0.15, 0.2) is 42.5 Å². The minimum absolute atomic E-state index is 0.130. The van der Waals surface area contributed by atoms with Gasteiger partial charge in [-0.25, -0.2) is 18.4 Å². The Kier molecular flexibility index (Phi) is 6.20. The van der Waals surface area contributed by atoms with Gasteiger partial charge in [-0.15, -0.1) is 0 Å². The van der Waals surface area contributed by atoms with Crippen LogP contribution in [0.4, 0.5) is 19.3 Å². The Labute approximate surface area is 146 Å². The number of halogens is 2. The molecule has 0 fully saturated rings. The molecule has 0 spiro atoms. The zero-order chi connectivity index (χ0) is 19.1. The molecule has 0 atom stereocenters. The summed E-state index contributed by atoms with van der Waals surface area (Å²) in [5.74, 6) is -3.42. The number of urea groups is 1. The van der Waals surface area contributed by atoms with Gasteiger partial charge < -0.3 is 14.8 Å². The average Bonchev–Trinajstić information content (AvgIpc) is 2.61. The lowest BCUT2D eigenvalue weighted by atomic mass is 10.2. The van der Waals surface area contributed by atoms with E-state index < -0.39 is 41.7 Å². The monoisotopic (exact) mass is 364 g/mol. The molecule has 0 saturated carbocycles. The number of nitrogens with one attached hydrogen (secondary N) is 2. The number of ether oxygens (including phenoxy) is 2. The Balaban J connectivity index is 1.85. The van der Waals surface area contributed by atoms with Crippen molar-refractivity contribution in [3.63, 3.8) is 0 Å². The van der Waals surface area contributed by atoms with Crippen molar-refractivity contribution in [2.24, 2.45) is 0 Å². The highest BCUT2D eigenvalue weighted by molar-refractivity contribution is 6.02. The number of carbonyl (C=O) groups excluding carboxylic acids is 3. The van der Waals surface area contributed by atoms with Crippen molar-refractivity contribution in [3.05, 3.63) is 59.7 Å². The van der Waals surface area contributed by atoms with Crippen molar-refractivity contribution < 1.29 is 32.6 Å². The van der Waals surface area contributed by atoms with Crippen LogP contribution in [0.5, 0.6) is 5.75 Å². The molecule has 26 heavy (non-hydrogen) atoms. The topological polar surface area (TPSA) is 93.7 Å². The van der Waals surface area contributed by atoms with Crippen LogP contribution in [-0.2, 0) is 9.53 Å². The molecule has 2 aromatic carbocycles. The first-order valence-electron chi connectivity index (χ1n) is 7.26. The molecule has 0 aliphatic heterocycles. The van der Waals surface area contributed by atoms with Gasteiger partial charge in [0.2, 0.25) is 0 Å². The molecule has 0 heterocycles. The lowest BCUT2D eigenvalue weighted by molar-refractivity contribution is -0.123. The third kappa shape index (κ3) is 5.00. The second-order valence-electron chi connectivity index (χ2n) is 4.90. The number of methoxy groups -OCH3 is 1. The number of benzene rings is 2. The van der Waals surface area contributed by atoms with Crippen molar-refractivity contribution in [1.82, 2.24) is 5.32 Å². The number of imide groups is 1. The number of carbonyl (C=O) groups is 3. The van der Waals surface area contributed by atoms with Gasteiger partial charge in [0.25, 0.3) is 5.91 Å². The first-order chi connectivity index (χ1) is 12.4. The van der Waals surface area contributed by atoms with Gasteiger partial charge in [0.1, 0.15) is 17.4 Å². The van der Waals surface area contributed by atoms with Gasteiger partial charge >= 0.3 is 12.0 Å². The van der Waals surface area contributed by atoms with E-state index in [0.717, 1.165) is 18.2 Å². The molecular formula is C17H14F2N2O5. The third-order valence-electron chi connectivity index (χ3n) is 3.11. The maximum Gasteiger partial charge on any atom is 0.341 e. The lowest BCUT2D eigenvalue weighted by Gasteiger charge is -2.08. The minimum Gasteiger partial charge on any atom is -0.497 e. The molecule has 2 rings (SSSR count). The molecule has 0 aliphatic carbocycles. The van der Waals surface area contributed by atoms with Crippen LogP contribution in [0.3, 0.4) is 0 Å². The fourth-order valence-corrected chi connectivity index (χ4v) is 1.88. The summed E-state index contributed by atoms with van der Waals surface area (Å²) < 4.78 is 36.5. The van der Waals surface area contributed by atoms with Gasteiger partial charge in [-0.05, 0) is 24.3 Å². The van der Waals surface area contributed by atoms with Gasteiger partial charge in [-0.3, -0.25) is 10.1 Å². The van der Waals surface area contributed by atoms with E-state index in [1.54, 1.807) is 0 Å². The molecule has 2 N–H and O–H groups in total. The van der Waals surface area contributed by atoms with E-state index in [1.165, 1.54) is 31.4 Å². The van der Waals surface area contributed by atoms with E-state index in [4.69, 9.17) is 4.74 Å². The number of anilines is 1. The predicted octanol–water partition coefficient (Wildman–Crippen LogP) is 2.48. The predicted molar refractivity (Wildman–Crippen MR) is 86.8 cm³/mol. The van der Waals surface area contributed by atoms with Gasteiger partial charge in [0, 0.05) is 6.07 Å². The highest BCUT2D eigenvalue weighted by atomic mass is 19.1. The molecule has 0 aromatic heterocycles. The summed E-state index contributed by atoms with van der Waals surface area (Å²) in [7, 11) is 1.34. The Bertz CT molecular complexity index is 842. The first kappa shape index (κ1) is 18.8. The van der Waals surface area contributed by atoms with E-state index in [-0.39, 0.29) is 11.4 Å². The summed E-state index contributed by atoms with van der Waals surface area (Å²) in [5.41, 5.74) is -0.524. The lowest BCUT2D eigenvalue weighted by Crippen LogP contribution is -2.37. The molecule has 0 bridgehead atoms. The molecular weight excluding hydrogens is 350 g/mol. The second-order valence-corrected chi connectivity index (χ2v) is 4.90. The molecule has 0 saturated heterocycles. The van der Waals surface area contributed by atoms with Gasteiger partial charge in [0.05, 0.1) is 18.4 Å². The van der Waals surface area contributed by atoms with Crippen LogP contribution in [0, 0.1) is 11.6 Å². The molecule has 0 aliphatic rings. The quantitative estimate of drug-likeness (QED) is 0.795. The Morgan fingerprint density at radius 3 is 2.42 bits per heavy atom. The zero-order valence-electron chi connectivity index (χ0n) is 13.5. The number of esters is 1. The fraction of sp³-hybridized carbons (Fsp3) is 0.118. The molecule has 9 heteroatoms. The largest absolute Gasteiger partial charge is 0.497 e. The van der Waals surface area contributed by atoms with Crippen LogP contribution in [0.25, 0.3) is 0 Å². The summed E-state index contributed by atoms with van der Waals surface area (Å²) in [6.07, 6.45) is 0. The van der Waals surface area contributed by atoms with Crippen LogP contribution in [0.2, 0.25) is 0 Å². The standard InChI is InChI=1S/C17H14F2N2O5/c1-25-10-6-7-11(13(19)8-10)16(23)26-9-15(22)21-17(24)20-14-5-3-2-4-12(14)18/h2-8H,9H2,1H3,(H2,20,21,22,24). The summed E-state index contributed by atoms with van der Waals surface area (Å²) in [5, 5.41) is 3.97. The Morgan fingerprint density at radius 2 is 1.77 bits per heavy atom. The first-order valence-corrected chi connectivity index (χ1v) is 7.26. The van der Waals surface area contributed by atoms with Crippen molar-refractivity contribution in [2.75, 3.05) is 19.0 Å². The van der Waals surface area contributed by atoms with E-state index in [2.05, 4.69) is 10.1 Å². The zero-order valence-corrected chi connectivity index (χ0v) is 13.5. The molecule has 0 unspecified atom stereocenters. The van der Waals surface area contributed by atoms with Crippen molar-refractivity contribution in [2.45, 2.75) is 0 Å². The Morgan fingerprint density at radius 1 is 1.04 bits per heavy atom. The number of para-hydroxylation sites is 1. The number of rotatable bonds is 5. The van der Waals surface area contributed by atoms with Gasteiger partial charge in [-0.1, -0.05) is 12.1 Å². The van der Waals surface area contributed by atoms with E-state index >= 15 is 0 Å². The highest BCUT2D eigenvalue weighted by Gasteiger charge is 2.17. The third-order valence-corrected chi connectivity index (χ3v) is 3.11.